The van der Waals surface area contributed by atoms with E-state index < -0.39 is 20.7 Å². The lowest BCUT2D eigenvalue weighted by atomic mass is 10.6. The van der Waals surface area contributed by atoms with Crippen molar-refractivity contribution >= 4 is 20.7 Å². The summed E-state index contributed by atoms with van der Waals surface area (Å²) in [6.45, 7) is 3.79. The van der Waals surface area contributed by atoms with Crippen molar-refractivity contribution in [2.45, 2.75) is 13.8 Å². The monoisotopic (exact) mass is 234 g/mol. The zero-order chi connectivity index (χ0) is 10.8. The minimum absolute atomic E-state index is 0.0787. The molecule has 14 heavy (non-hydrogen) atoms. The van der Waals surface area contributed by atoms with Gasteiger partial charge in [-0.3, -0.25) is 9.08 Å². The lowest BCUT2D eigenvalue weighted by molar-refractivity contribution is 0.508. The largest absolute Gasteiger partial charge is 0.270 e. The molecule has 0 spiro atoms. The molecule has 4 nitrogen and oxygen atoms in total. The molecule has 1 aliphatic rings. The fourth-order valence-corrected chi connectivity index (χ4v) is 3.75. The van der Waals surface area contributed by atoms with Crippen LogP contribution in [0.4, 0.5) is 0 Å². The summed E-state index contributed by atoms with van der Waals surface area (Å²) in [7, 11) is -4.03. The first kappa shape index (κ1) is 11.5. The minimum Gasteiger partial charge on any atom is -0.270 e. The standard InChI is InChI=1S/C8H14N2O2S2/c1-3-10(14(11,12)4-2)8-6-5-7-13(8)9/h5-7,9H,3-4H2,1-2H3. The van der Waals surface area contributed by atoms with Gasteiger partial charge in [0.15, 0.2) is 0 Å². The second-order valence-corrected chi connectivity index (χ2v) is 6.28. The molecule has 1 heterocycles. The highest BCUT2D eigenvalue weighted by molar-refractivity contribution is 7.95. The second-order valence-electron chi connectivity index (χ2n) is 2.74. The first-order chi connectivity index (χ1) is 6.53. The highest BCUT2D eigenvalue weighted by Gasteiger charge is 2.23. The number of sulfonamides is 1. The molecule has 0 aromatic carbocycles. The molecular weight excluding hydrogens is 220 g/mol. The van der Waals surface area contributed by atoms with Crippen molar-refractivity contribution in [3.63, 3.8) is 0 Å². The van der Waals surface area contributed by atoms with Gasteiger partial charge in [-0.15, -0.1) is 0 Å². The van der Waals surface area contributed by atoms with Crippen LogP contribution in [0.3, 0.4) is 0 Å². The fraction of sp³-hybridized carbons (Fsp3) is 0.500. The van der Waals surface area contributed by atoms with Crippen molar-refractivity contribution in [3.05, 3.63) is 22.6 Å². The highest BCUT2D eigenvalue weighted by atomic mass is 32.2. The first-order valence-corrected chi connectivity index (χ1v) is 7.25. The van der Waals surface area contributed by atoms with E-state index in [4.69, 9.17) is 4.78 Å². The van der Waals surface area contributed by atoms with Crippen molar-refractivity contribution < 1.29 is 8.42 Å². The Morgan fingerprint density at radius 2 is 2.14 bits per heavy atom. The Balaban J connectivity index is 3.01. The summed E-state index contributed by atoms with van der Waals surface area (Å²) in [5.41, 5.74) is 0. The zero-order valence-electron chi connectivity index (χ0n) is 8.23. The van der Waals surface area contributed by atoms with E-state index in [0.717, 1.165) is 0 Å². The summed E-state index contributed by atoms with van der Waals surface area (Å²) < 4.78 is 32.3. The molecule has 1 N–H and O–H groups in total. The molecule has 0 bridgehead atoms. The molecule has 0 radical (unpaired) electrons. The molecule has 0 fully saturated rings. The summed E-state index contributed by atoms with van der Waals surface area (Å²) in [5.74, 6) is 0.0787. The number of rotatable bonds is 4. The molecule has 0 aliphatic carbocycles. The Morgan fingerprint density at radius 1 is 1.50 bits per heavy atom. The maximum atomic E-state index is 11.6. The van der Waals surface area contributed by atoms with E-state index in [9.17, 15) is 8.42 Å². The van der Waals surface area contributed by atoms with Gasteiger partial charge in [0.05, 0.1) is 10.8 Å². The van der Waals surface area contributed by atoms with Crippen LogP contribution >= 0.6 is 0 Å². The van der Waals surface area contributed by atoms with E-state index in [1.54, 1.807) is 31.4 Å². The van der Waals surface area contributed by atoms with Gasteiger partial charge in [-0.2, -0.15) is 0 Å². The van der Waals surface area contributed by atoms with Crippen LogP contribution in [-0.2, 0) is 20.7 Å². The van der Waals surface area contributed by atoms with Crippen LogP contribution < -0.4 is 0 Å². The third-order valence-electron chi connectivity index (χ3n) is 1.91. The molecule has 1 unspecified atom stereocenters. The van der Waals surface area contributed by atoms with E-state index in [2.05, 4.69) is 0 Å². The molecule has 1 aliphatic heterocycles. The van der Waals surface area contributed by atoms with Crippen molar-refractivity contribution in [1.82, 2.24) is 4.31 Å². The summed E-state index contributed by atoms with van der Waals surface area (Å²) >= 11 is 0. The number of nitrogens with zero attached hydrogens (tertiary/aromatic N) is 1. The fourth-order valence-electron chi connectivity index (χ4n) is 1.18. The molecule has 0 aromatic heterocycles. The first-order valence-electron chi connectivity index (χ1n) is 4.36. The maximum absolute atomic E-state index is 11.6. The number of hydrogen-bond acceptors (Lipinski definition) is 3. The van der Waals surface area contributed by atoms with E-state index in [0.29, 0.717) is 11.6 Å². The van der Waals surface area contributed by atoms with Crippen LogP contribution in [0.5, 0.6) is 0 Å². The molecule has 1 rings (SSSR count). The van der Waals surface area contributed by atoms with Gasteiger partial charge in [-0.05, 0) is 36.0 Å². The van der Waals surface area contributed by atoms with Crippen LogP contribution in [0.15, 0.2) is 22.6 Å². The minimum atomic E-state index is -3.21. The van der Waals surface area contributed by atoms with Gasteiger partial charge in [0.1, 0.15) is 0 Å². The van der Waals surface area contributed by atoms with Crippen LogP contribution in [0.25, 0.3) is 0 Å². The topological polar surface area (TPSA) is 61.2 Å². The Labute approximate surface area is 87.2 Å². The smallest absolute Gasteiger partial charge is 0.235 e. The van der Waals surface area contributed by atoms with Crippen LogP contribution in [-0.4, -0.2) is 25.0 Å². The van der Waals surface area contributed by atoms with Gasteiger partial charge < -0.3 is 0 Å². The predicted octanol–water partition coefficient (Wildman–Crippen LogP) is 1.41. The van der Waals surface area contributed by atoms with Crippen molar-refractivity contribution in [2.24, 2.45) is 0 Å². The third-order valence-corrected chi connectivity index (χ3v) is 5.12. The third kappa shape index (κ3) is 2.06. The van der Waals surface area contributed by atoms with Crippen LogP contribution in [0.2, 0.25) is 0 Å². The van der Waals surface area contributed by atoms with Gasteiger partial charge >= 0.3 is 0 Å². The summed E-state index contributed by atoms with van der Waals surface area (Å²) in [6.07, 6.45) is 3.44. The zero-order valence-corrected chi connectivity index (χ0v) is 9.86. The SMILES string of the molecule is CCN(C1=CC=CS1=N)S(=O)(=O)CC. The van der Waals surface area contributed by atoms with E-state index >= 15 is 0 Å². The number of hydrogen-bond donors (Lipinski definition) is 1. The lowest BCUT2D eigenvalue weighted by Gasteiger charge is -2.23. The van der Waals surface area contributed by atoms with Gasteiger partial charge in [-0.1, -0.05) is 6.08 Å². The average molecular weight is 234 g/mol. The highest BCUT2D eigenvalue weighted by Crippen LogP contribution is 2.20. The van der Waals surface area contributed by atoms with Gasteiger partial charge in [0, 0.05) is 6.54 Å². The molecule has 1 atom stereocenters. The quantitative estimate of drug-likeness (QED) is 0.799. The molecule has 0 saturated carbocycles. The number of allylic oxidation sites excluding steroid dienone is 2. The molecule has 6 heteroatoms. The van der Waals surface area contributed by atoms with Crippen molar-refractivity contribution in [2.75, 3.05) is 12.3 Å². The van der Waals surface area contributed by atoms with Crippen LogP contribution in [0, 0.1) is 4.78 Å². The van der Waals surface area contributed by atoms with Crippen molar-refractivity contribution in [1.29, 1.82) is 4.78 Å². The molecule has 0 aromatic rings. The number of nitrogens with one attached hydrogen (secondary N) is 1. The second kappa shape index (κ2) is 4.27. The predicted molar refractivity (Wildman–Crippen MR) is 59.1 cm³/mol. The van der Waals surface area contributed by atoms with E-state index in [1.165, 1.54) is 4.31 Å². The maximum Gasteiger partial charge on any atom is 0.235 e. The molecule has 0 saturated heterocycles. The van der Waals surface area contributed by atoms with Gasteiger partial charge in [0.2, 0.25) is 10.0 Å². The Bertz CT molecular complexity index is 396. The molecular formula is C8H14N2O2S2. The van der Waals surface area contributed by atoms with Gasteiger partial charge in [0.25, 0.3) is 0 Å². The molecule has 0 amide bonds. The Morgan fingerprint density at radius 3 is 2.50 bits per heavy atom. The Hall–Kier alpha value is -0.620. The van der Waals surface area contributed by atoms with E-state index in [-0.39, 0.29) is 5.75 Å². The molecule has 80 valence electrons. The summed E-state index contributed by atoms with van der Waals surface area (Å²) in [5, 5.41) is 2.28. The van der Waals surface area contributed by atoms with Gasteiger partial charge in [-0.25, -0.2) is 8.42 Å². The van der Waals surface area contributed by atoms with Crippen molar-refractivity contribution in [3.8, 4) is 0 Å². The lowest BCUT2D eigenvalue weighted by Crippen LogP contribution is -2.32. The van der Waals surface area contributed by atoms with Crippen LogP contribution in [0.1, 0.15) is 13.8 Å². The average Bonchev–Trinajstić information content (AvgIpc) is 2.53. The summed E-state index contributed by atoms with van der Waals surface area (Å²) in [6, 6.07) is 0. The normalized spacial score (nSPS) is 21.0. The summed E-state index contributed by atoms with van der Waals surface area (Å²) in [4.78, 5) is 0. The Kier molecular flexibility index (Phi) is 3.49. The van der Waals surface area contributed by atoms with E-state index in [1.807, 2.05) is 0 Å².